The van der Waals surface area contributed by atoms with E-state index in [1.807, 2.05) is 6.92 Å². The first-order valence-electron chi connectivity index (χ1n) is 9.71. The Balaban J connectivity index is 1.97. The van der Waals surface area contributed by atoms with Gasteiger partial charge in [-0.2, -0.15) is 0 Å². The van der Waals surface area contributed by atoms with Gasteiger partial charge in [-0.25, -0.2) is 8.42 Å². The maximum atomic E-state index is 13.4. The average molecular weight is 437 g/mol. The van der Waals surface area contributed by atoms with E-state index in [-0.39, 0.29) is 23.4 Å². The second-order valence-electron chi connectivity index (χ2n) is 6.92. The fraction of sp³-hybridized carbons (Fsp3) is 0.381. The summed E-state index contributed by atoms with van der Waals surface area (Å²) in [7, 11) is -4.01. The molecular weight excluding hydrogens is 412 g/mol. The summed E-state index contributed by atoms with van der Waals surface area (Å²) < 4.78 is 33.6. The molecule has 0 aromatic heterocycles. The van der Waals surface area contributed by atoms with Crippen molar-refractivity contribution in [2.75, 3.05) is 17.5 Å². The van der Waals surface area contributed by atoms with Crippen LogP contribution in [0.15, 0.2) is 53.4 Å². The maximum Gasteiger partial charge on any atom is 0.264 e. The van der Waals surface area contributed by atoms with Gasteiger partial charge in [0.1, 0.15) is 12.3 Å². The van der Waals surface area contributed by atoms with Crippen LogP contribution in [0.1, 0.15) is 32.6 Å². The minimum Gasteiger partial charge on any atom is -0.492 e. The number of nitrogens with zero attached hydrogens (tertiary/aromatic N) is 1. The van der Waals surface area contributed by atoms with Crippen LogP contribution in [0.4, 0.5) is 5.69 Å². The molecule has 0 heterocycles. The summed E-state index contributed by atoms with van der Waals surface area (Å²) in [6.45, 7) is 1.87. The molecule has 1 N–H and O–H groups in total. The van der Waals surface area contributed by atoms with E-state index < -0.39 is 10.0 Å². The van der Waals surface area contributed by atoms with Crippen molar-refractivity contribution in [3.8, 4) is 5.75 Å². The van der Waals surface area contributed by atoms with Gasteiger partial charge in [0, 0.05) is 11.1 Å². The molecule has 0 aliphatic heterocycles. The Labute approximate surface area is 176 Å². The predicted molar refractivity (Wildman–Crippen MR) is 114 cm³/mol. The van der Waals surface area contributed by atoms with Gasteiger partial charge in [-0.1, -0.05) is 36.6 Å². The van der Waals surface area contributed by atoms with Gasteiger partial charge < -0.3 is 10.1 Å². The van der Waals surface area contributed by atoms with Gasteiger partial charge in [-0.3, -0.25) is 9.10 Å². The molecule has 1 aliphatic carbocycles. The van der Waals surface area contributed by atoms with E-state index in [1.54, 1.807) is 24.3 Å². The molecule has 29 heavy (non-hydrogen) atoms. The summed E-state index contributed by atoms with van der Waals surface area (Å²) in [6.07, 6.45) is 3.99. The number of halogens is 1. The summed E-state index contributed by atoms with van der Waals surface area (Å²) in [4.78, 5) is 12.8. The van der Waals surface area contributed by atoms with Crippen LogP contribution in [-0.4, -0.2) is 33.5 Å². The van der Waals surface area contributed by atoms with E-state index in [9.17, 15) is 13.2 Å². The molecule has 6 nitrogen and oxygen atoms in total. The predicted octanol–water partition coefficient (Wildman–Crippen LogP) is 3.99. The first-order valence-corrected chi connectivity index (χ1v) is 11.5. The van der Waals surface area contributed by atoms with Crippen molar-refractivity contribution in [2.24, 2.45) is 0 Å². The van der Waals surface area contributed by atoms with Crippen molar-refractivity contribution in [3.63, 3.8) is 0 Å². The minimum absolute atomic E-state index is 0.0573. The summed E-state index contributed by atoms with van der Waals surface area (Å²) >= 11 is 5.91. The zero-order valence-corrected chi connectivity index (χ0v) is 17.9. The molecule has 0 unspecified atom stereocenters. The normalized spacial score (nSPS) is 14.6. The first kappa shape index (κ1) is 21.5. The van der Waals surface area contributed by atoms with Crippen LogP contribution in [0.25, 0.3) is 0 Å². The van der Waals surface area contributed by atoms with Crippen LogP contribution in [-0.2, 0) is 14.8 Å². The highest BCUT2D eigenvalue weighted by atomic mass is 35.5. The lowest BCUT2D eigenvalue weighted by atomic mass is 10.2. The number of carbonyl (C=O) groups excluding carboxylic acids is 1. The van der Waals surface area contributed by atoms with Gasteiger partial charge in [0.2, 0.25) is 5.91 Å². The van der Waals surface area contributed by atoms with Crippen molar-refractivity contribution in [2.45, 2.75) is 43.5 Å². The summed E-state index contributed by atoms with van der Waals surface area (Å²) in [5, 5.41) is 3.39. The van der Waals surface area contributed by atoms with E-state index in [1.165, 1.54) is 24.3 Å². The summed E-state index contributed by atoms with van der Waals surface area (Å²) in [6, 6.07) is 12.8. The van der Waals surface area contributed by atoms with Gasteiger partial charge in [0.15, 0.2) is 0 Å². The Hall–Kier alpha value is -2.25. The number of hydrogen-bond acceptors (Lipinski definition) is 4. The highest BCUT2D eigenvalue weighted by Crippen LogP contribution is 2.32. The van der Waals surface area contributed by atoms with Crippen LogP contribution >= 0.6 is 11.6 Å². The number of carbonyl (C=O) groups is 1. The Morgan fingerprint density at radius 3 is 2.45 bits per heavy atom. The lowest BCUT2D eigenvalue weighted by Gasteiger charge is -2.26. The minimum atomic E-state index is -4.01. The van der Waals surface area contributed by atoms with Crippen LogP contribution in [0, 0.1) is 0 Å². The number of hydrogen-bond donors (Lipinski definition) is 1. The zero-order chi connectivity index (χ0) is 20.9. The Morgan fingerprint density at radius 2 is 1.79 bits per heavy atom. The van der Waals surface area contributed by atoms with Crippen molar-refractivity contribution < 1.29 is 17.9 Å². The quantitative estimate of drug-likeness (QED) is 0.678. The number of sulfonamides is 1. The molecular formula is C21H25ClN2O4S. The third kappa shape index (κ3) is 5.22. The fourth-order valence-electron chi connectivity index (χ4n) is 3.45. The smallest absolute Gasteiger partial charge is 0.264 e. The van der Waals surface area contributed by atoms with Gasteiger partial charge in [0.25, 0.3) is 10.0 Å². The largest absolute Gasteiger partial charge is 0.492 e. The lowest BCUT2D eigenvalue weighted by Crippen LogP contribution is -2.43. The molecule has 8 heteroatoms. The van der Waals surface area contributed by atoms with Gasteiger partial charge in [-0.05, 0) is 56.2 Å². The highest BCUT2D eigenvalue weighted by Gasteiger charge is 2.30. The number of para-hydroxylation sites is 2. The van der Waals surface area contributed by atoms with Crippen molar-refractivity contribution in [1.29, 1.82) is 0 Å². The number of ether oxygens (including phenoxy) is 1. The van der Waals surface area contributed by atoms with E-state index in [0.29, 0.717) is 23.1 Å². The number of anilines is 1. The van der Waals surface area contributed by atoms with E-state index in [0.717, 1.165) is 30.0 Å². The summed E-state index contributed by atoms with van der Waals surface area (Å²) in [5.41, 5.74) is 0.325. The molecule has 0 radical (unpaired) electrons. The SMILES string of the molecule is CCOc1ccccc1N(CC(=O)NC1CCCC1)S(=O)(=O)c1ccc(Cl)cc1. The number of nitrogens with one attached hydrogen (secondary N) is 1. The number of amides is 1. The zero-order valence-electron chi connectivity index (χ0n) is 16.3. The molecule has 1 aliphatic rings. The average Bonchev–Trinajstić information content (AvgIpc) is 3.20. The first-order chi connectivity index (χ1) is 13.9. The van der Waals surface area contributed by atoms with Crippen molar-refractivity contribution in [3.05, 3.63) is 53.6 Å². The van der Waals surface area contributed by atoms with E-state index in [4.69, 9.17) is 16.3 Å². The van der Waals surface area contributed by atoms with Crippen LogP contribution in [0.3, 0.4) is 0 Å². The second-order valence-corrected chi connectivity index (χ2v) is 9.21. The third-order valence-corrected chi connectivity index (χ3v) is 6.87. The topological polar surface area (TPSA) is 75.7 Å². The molecule has 1 amide bonds. The standard InChI is InChI=1S/C21H25ClN2O4S/c1-2-28-20-10-6-5-9-19(20)24(15-21(25)23-17-7-3-4-8-17)29(26,27)18-13-11-16(22)12-14-18/h5-6,9-14,17H,2-4,7-8,15H2,1H3,(H,23,25). The molecule has 1 saturated carbocycles. The summed E-state index contributed by atoms with van der Waals surface area (Å²) in [5.74, 6) is 0.0712. The van der Waals surface area contributed by atoms with Gasteiger partial charge in [0.05, 0.1) is 17.2 Å². The third-order valence-electron chi connectivity index (χ3n) is 4.84. The Kier molecular flexibility index (Phi) is 7.03. The van der Waals surface area contributed by atoms with Crippen LogP contribution < -0.4 is 14.4 Å². The Bertz CT molecular complexity index is 941. The molecule has 3 rings (SSSR count). The Morgan fingerprint density at radius 1 is 1.14 bits per heavy atom. The van der Waals surface area contributed by atoms with Gasteiger partial charge >= 0.3 is 0 Å². The van der Waals surface area contributed by atoms with Crippen LogP contribution in [0.2, 0.25) is 5.02 Å². The van der Waals surface area contributed by atoms with Crippen LogP contribution in [0.5, 0.6) is 5.75 Å². The molecule has 0 bridgehead atoms. The van der Waals surface area contributed by atoms with E-state index >= 15 is 0 Å². The molecule has 2 aromatic carbocycles. The molecule has 156 valence electrons. The second kappa shape index (κ2) is 9.50. The lowest BCUT2D eigenvalue weighted by molar-refractivity contribution is -0.120. The van der Waals surface area contributed by atoms with Gasteiger partial charge in [-0.15, -0.1) is 0 Å². The van der Waals surface area contributed by atoms with E-state index in [2.05, 4.69) is 5.32 Å². The number of benzene rings is 2. The van der Waals surface area contributed by atoms with Crippen molar-refractivity contribution in [1.82, 2.24) is 5.32 Å². The molecule has 2 aromatic rings. The molecule has 0 atom stereocenters. The molecule has 0 spiro atoms. The number of rotatable bonds is 8. The maximum absolute atomic E-state index is 13.4. The highest BCUT2D eigenvalue weighted by molar-refractivity contribution is 7.92. The van der Waals surface area contributed by atoms with Crippen molar-refractivity contribution >= 4 is 33.2 Å². The monoisotopic (exact) mass is 436 g/mol. The molecule has 1 fully saturated rings. The molecule has 0 saturated heterocycles. The fourth-order valence-corrected chi connectivity index (χ4v) is 5.01.